The smallest absolute Gasteiger partial charge is 0.248 e. The van der Waals surface area contributed by atoms with Gasteiger partial charge >= 0.3 is 0 Å². The molecule has 1 aliphatic heterocycles. The van der Waals surface area contributed by atoms with Crippen LogP contribution in [0.25, 0.3) is 0 Å². The molecular weight excluding hydrogens is 230 g/mol. The molecule has 0 saturated carbocycles. The molecule has 2 aromatic rings. The highest BCUT2D eigenvalue weighted by atomic mass is 16.2. The first-order valence-corrected chi connectivity index (χ1v) is 5.78. The van der Waals surface area contributed by atoms with Crippen LogP contribution in [-0.4, -0.2) is 27.4 Å². The second kappa shape index (κ2) is 4.14. The topological polar surface area (TPSA) is 77.0 Å². The molecule has 0 unspecified atom stereocenters. The lowest BCUT2D eigenvalue weighted by Crippen LogP contribution is -2.32. The summed E-state index contributed by atoms with van der Waals surface area (Å²) in [6.45, 7) is 0.890. The van der Waals surface area contributed by atoms with E-state index in [4.69, 9.17) is 5.73 Å². The van der Waals surface area contributed by atoms with Crippen molar-refractivity contribution < 1.29 is 4.79 Å². The van der Waals surface area contributed by atoms with Gasteiger partial charge in [0.05, 0.1) is 6.20 Å². The Balaban J connectivity index is 1.78. The summed E-state index contributed by atoms with van der Waals surface area (Å²) in [5.41, 5.74) is 7.67. The van der Waals surface area contributed by atoms with Gasteiger partial charge in [-0.15, -0.1) is 5.10 Å². The Hall–Kier alpha value is -2.37. The Morgan fingerprint density at radius 2 is 2.22 bits per heavy atom. The summed E-state index contributed by atoms with van der Waals surface area (Å²) in [6, 6.07) is 7.95. The zero-order chi connectivity index (χ0) is 12.5. The number of aromatic nitrogens is 3. The number of carbonyl (C=O) groups excluding carboxylic acids is 1. The van der Waals surface area contributed by atoms with Crippen LogP contribution in [0.15, 0.2) is 30.5 Å². The van der Waals surface area contributed by atoms with Gasteiger partial charge in [-0.1, -0.05) is 23.4 Å². The normalized spacial score (nSPS) is 13.7. The lowest BCUT2D eigenvalue weighted by molar-refractivity contribution is -0.119. The first kappa shape index (κ1) is 10.8. The molecule has 18 heavy (non-hydrogen) atoms. The number of fused-ring (bicyclic) bond motifs is 1. The van der Waals surface area contributed by atoms with Gasteiger partial charge in [-0.3, -0.25) is 4.79 Å². The number of anilines is 2. The number of nitrogens with two attached hydrogens (primary N) is 1. The zero-order valence-corrected chi connectivity index (χ0v) is 9.78. The van der Waals surface area contributed by atoms with Gasteiger partial charge in [0.15, 0.2) is 5.82 Å². The fourth-order valence-corrected chi connectivity index (χ4v) is 2.21. The van der Waals surface area contributed by atoms with Crippen molar-refractivity contribution in [3.63, 3.8) is 0 Å². The number of hydrogen-bond acceptors (Lipinski definition) is 4. The summed E-state index contributed by atoms with van der Waals surface area (Å²) >= 11 is 0. The minimum absolute atomic E-state index is 0.00449. The monoisotopic (exact) mass is 243 g/mol. The summed E-state index contributed by atoms with van der Waals surface area (Å²) in [4.78, 5) is 14.0. The maximum Gasteiger partial charge on any atom is 0.248 e. The molecule has 2 heterocycles. The lowest BCUT2D eigenvalue weighted by atomic mass is 10.2. The molecule has 2 N–H and O–H groups in total. The third kappa shape index (κ3) is 1.81. The van der Waals surface area contributed by atoms with Crippen molar-refractivity contribution in [2.24, 2.45) is 0 Å². The molecule has 0 atom stereocenters. The molecule has 6 nitrogen and oxygen atoms in total. The molecule has 0 fully saturated rings. The summed E-state index contributed by atoms with van der Waals surface area (Å²) in [5.74, 6) is 0.328. The zero-order valence-electron chi connectivity index (χ0n) is 9.78. The van der Waals surface area contributed by atoms with E-state index >= 15 is 0 Å². The van der Waals surface area contributed by atoms with Crippen LogP contribution in [0.1, 0.15) is 5.56 Å². The molecule has 1 amide bonds. The van der Waals surface area contributed by atoms with Gasteiger partial charge in [-0.25, -0.2) is 4.68 Å². The van der Waals surface area contributed by atoms with Crippen LogP contribution < -0.4 is 10.6 Å². The molecule has 0 aliphatic carbocycles. The summed E-state index contributed by atoms with van der Waals surface area (Å²) in [7, 11) is 0. The molecule has 1 aliphatic rings. The molecular formula is C12H13N5O. The predicted octanol–water partition coefficient (Wildman–Crippen LogP) is 0.450. The molecule has 0 saturated heterocycles. The Morgan fingerprint density at radius 1 is 1.39 bits per heavy atom. The molecule has 0 spiro atoms. The van der Waals surface area contributed by atoms with Gasteiger partial charge in [0.1, 0.15) is 6.54 Å². The Morgan fingerprint density at radius 3 is 3.00 bits per heavy atom. The van der Waals surface area contributed by atoms with Gasteiger partial charge in [0, 0.05) is 12.2 Å². The highest BCUT2D eigenvalue weighted by molar-refractivity contribution is 5.95. The van der Waals surface area contributed by atoms with E-state index in [1.807, 2.05) is 18.2 Å². The maximum atomic E-state index is 12.2. The average molecular weight is 243 g/mol. The van der Waals surface area contributed by atoms with Crippen molar-refractivity contribution in [2.75, 3.05) is 17.2 Å². The molecule has 1 aromatic carbocycles. The van der Waals surface area contributed by atoms with Crippen molar-refractivity contribution >= 4 is 17.4 Å². The van der Waals surface area contributed by atoms with E-state index in [0.29, 0.717) is 5.82 Å². The van der Waals surface area contributed by atoms with Crippen LogP contribution >= 0.6 is 0 Å². The fourth-order valence-electron chi connectivity index (χ4n) is 2.21. The SMILES string of the molecule is Nc1cn(CC(=O)N2CCc3ccccc32)nn1. The van der Waals surface area contributed by atoms with Crippen LogP contribution in [0.2, 0.25) is 0 Å². The quantitative estimate of drug-likeness (QED) is 0.830. The van der Waals surface area contributed by atoms with Gasteiger partial charge in [0.25, 0.3) is 0 Å². The van der Waals surface area contributed by atoms with E-state index in [-0.39, 0.29) is 12.5 Å². The number of nitrogen functional groups attached to an aromatic ring is 1. The molecule has 0 radical (unpaired) electrons. The number of nitrogens with zero attached hydrogens (tertiary/aromatic N) is 4. The molecule has 0 bridgehead atoms. The first-order valence-electron chi connectivity index (χ1n) is 5.78. The summed E-state index contributed by atoms with van der Waals surface area (Å²) in [6.07, 6.45) is 2.46. The van der Waals surface area contributed by atoms with Gasteiger partial charge in [0.2, 0.25) is 5.91 Å². The molecule has 1 aromatic heterocycles. The number of rotatable bonds is 2. The second-order valence-corrected chi connectivity index (χ2v) is 4.27. The Kier molecular flexibility index (Phi) is 2.47. The van der Waals surface area contributed by atoms with E-state index in [9.17, 15) is 4.79 Å². The maximum absolute atomic E-state index is 12.2. The van der Waals surface area contributed by atoms with E-state index in [2.05, 4.69) is 16.4 Å². The van der Waals surface area contributed by atoms with Crippen LogP contribution in [0, 0.1) is 0 Å². The van der Waals surface area contributed by atoms with Crippen LogP contribution in [-0.2, 0) is 17.8 Å². The lowest BCUT2D eigenvalue weighted by Gasteiger charge is -2.16. The van der Waals surface area contributed by atoms with E-state index in [0.717, 1.165) is 18.7 Å². The molecule has 92 valence electrons. The predicted molar refractivity (Wildman–Crippen MR) is 66.9 cm³/mol. The number of hydrogen-bond donors (Lipinski definition) is 1. The number of para-hydroxylation sites is 1. The molecule has 6 heteroatoms. The van der Waals surface area contributed by atoms with Gasteiger partial charge in [-0.05, 0) is 18.1 Å². The van der Waals surface area contributed by atoms with Gasteiger partial charge in [-0.2, -0.15) is 0 Å². The number of benzene rings is 1. The van der Waals surface area contributed by atoms with Crippen LogP contribution in [0.5, 0.6) is 0 Å². The third-order valence-electron chi connectivity index (χ3n) is 3.04. The Labute approximate surface area is 104 Å². The number of amides is 1. The van der Waals surface area contributed by atoms with Gasteiger partial charge < -0.3 is 10.6 Å². The van der Waals surface area contributed by atoms with E-state index in [1.54, 1.807) is 11.1 Å². The highest BCUT2D eigenvalue weighted by Gasteiger charge is 2.24. The average Bonchev–Trinajstić information content (AvgIpc) is 2.95. The largest absolute Gasteiger partial charge is 0.381 e. The van der Waals surface area contributed by atoms with E-state index < -0.39 is 0 Å². The fraction of sp³-hybridized carbons (Fsp3) is 0.250. The van der Waals surface area contributed by atoms with Crippen molar-refractivity contribution in [1.82, 2.24) is 15.0 Å². The summed E-state index contributed by atoms with van der Waals surface area (Å²) < 4.78 is 1.46. The summed E-state index contributed by atoms with van der Waals surface area (Å²) in [5, 5.41) is 7.44. The Bertz CT molecular complexity index is 592. The minimum Gasteiger partial charge on any atom is -0.381 e. The van der Waals surface area contributed by atoms with Crippen molar-refractivity contribution in [3.8, 4) is 0 Å². The van der Waals surface area contributed by atoms with Crippen molar-refractivity contribution in [2.45, 2.75) is 13.0 Å². The second-order valence-electron chi connectivity index (χ2n) is 4.27. The van der Waals surface area contributed by atoms with E-state index in [1.165, 1.54) is 10.2 Å². The van der Waals surface area contributed by atoms with Crippen LogP contribution in [0.4, 0.5) is 11.5 Å². The minimum atomic E-state index is 0.00449. The van der Waals surface area contributed by atoms with Crippen molar-refractivity contribution in [3.05, 3.63) is 36.0 Å². The third-order valence-corrected chi connectivity index (χ3v) is 3.04. The standard InChI is InChI=1S/C12H13N5O/c13-11-7-16(15-14-11)8-12(18)17-6-5-9-3-1-2-4-10(9)17/h1-4,7H,5-6,8,13H2. The van der Waals surface area contributed by atoms with Crippen molar-refractivity contribution in [1.29, 1.82) is 0 Å². The first-order chi connectivity index (χ1) is 8.74. The highest BCUT2D eigenvalue weighted by Crippen LogP contribution is 2.27. The molecule has 3 rings (SSSR count). The van der Waals surface area contributed by atoms with Crippen LogP contribution in [0.3, 0.4) is 0 Å². The number of carbonyl (C=O) groups is 1.